The average molecular weight is 1070 g/mol. The second-order valence-corrected chi connectivity index (χ2v) is 22.0. The van der Waals surface area contributed by atoms with Gasteiger partial charge in [-0.3, -0.25) is 9.36 Å². The molecule has 0 aliphatic heterocycles. The molecule has 3 unspecified atom stereocenters. The van der Waals surface area contributed by atoms with Crippen LogP contribution in [0.4, 0.5) is 0 Å². The predicted molar refractivity (Wildman–Crippen MR) is 329 cm³/mol. The fraction of sp³-hybridized carbons (Fsp3) is 0.597. The largest absolute Gasteiger partial charge is 0.756 e. The van der Waals surface area contributed by atoms with Crippen LogP contribution in [0.5, 0.6) is 0 Å². The zero-order chi connectivity index (χ0) is 55.6. The Kier molecular flexibility index (Phi) is 53.0. The zero-order valence-corrected chi connectivity index (χ0v) is 49.8. The summed E-state index contributed by atoms with van der Waals surface area (Å²) in [5.74, 6) is -0.228. The van der Waals surface area contributed by atoms with Crippen molar-refractivity contribution in [1.82, 2.24) is 5.32 Å². The molecule has 0 aliphatic carbocycles. The number of quaternary nitrogens is 1. The molecule has 76 heavy (non-hydrogen) atoms. The van der Waals surface area contributed by atoms with Gasteiger partial charge >= 0.3 is 0 Å². The maximum absolute atomic E-state index is 13.0. The highest BCUT2D eigenvalue weighted by atomic mass is 31.2. The summed E-state index contributed by atoms with van der Waals surface area (Å²) in [7, 11) is 1.20. The molecule has 0 saturated carbocycles. The highest BCUT2D eigenvalue weighted by molar-refractivity contribution is 7.45. The number of carbonyl (C=O) groups excluding carboxylic acids is 1. The summed E-state index contributed by atoms with van der Waals surface area (Å²) in [5, 5.41) is 13.8. The number of allylic oxidation sites excluding steroid dienone is 25. The quantitative estimate of drug-likeness (QED) is 0.0272. The molecule has 9 heteroatoms. The van der Waals surface area contributed by atoms with Gasteiger partial charge in [-0.05, 0) is 122 Å². The Morgan fingerprint density at radius 3 is 1.22 bits per heavy atom. The minimum atomic E-state index is -4.62. The van der Waals surface area contributed by atoms with Crippen LogP contribution in [-0.4, -0.2) is 68.5 Å². The Morgan fingerprint density at radius 2 is 0.816 bits per heavy atom. The molecular weight excluding hydrogens is 960 g/mol. The van der Waals surface area contributed by atoms with Gasteiger partial charge in [-0.2, -0.15) is 0 Å². The number of rotatable bonds is 52. The molecule has 0 rings (SSSR count). The van der Waals surface area contributed by atoms with E-state index in [-0.39, 0.29) is 12.5 Å². The summed E-state index contributed by atoms with van der Waals surface area (Å²) >= 11 is 0. The zero-order valence-electron chi connectivity index (χ0n) is 48.9. The summed E-state index contributed by atoms with van der Waals surface area (Å²) in [5.41, 5.74) is 0. The fourth-order valence-electron chi connectivity index (χ4n) is 7.56. The first-order chi connectivity index (χ1) is 37.0. The van der Waals surface area contributed by atoms with Crippen LogP contribution >= 0.6 is 7.82 Å². The van der Waals surface area contributed by atoms with Crippen molar-refractivity contribution in [3.63, 3.8) is 0 Å². The van der Waals surface area contributed by atoms with Gasteiger partial charge in [0, 0.05) is 6.42 Å². The standard InChI is InChI=1S/C67H111N2O6P/c1-6-8-10-12-14-16-18-20-22-23-24-25-26-27-28-29-30-31-32-33-34-35-36-37-38-39-40-41-42-43-44-45-47-49-51-53-55-57-59-61-67(71)68-65(64-75-76(72,73)74-63-62-69(3,4)5)66(70)60-58-56-54-52-50-48-46-21-19-17-15-13-11-9-7-2/h8,10,14,16,19-22,24-25,27-28,30-31,33-34,36-37,39-40,42-43,50,52,58,60,65-66,70H,6-7,9,11-13,15,17-18,23,26,29,32,35,38,41,44-49,51,53-57,59,61-64H2,1-5H3,(H-,68,71,72,73)/b10-8-,16-14-,21-19+,22-20-,25-24-,28-27-,31-30-,34-33-,37-36-,40-39-,43-42-,52-50+,60-58+. The number of aliphatic hydroxyl groups is 1. The highest BCUT2D eigenvalue weighted by Gasteiger charge is 2.23. The minimum Gasteiger partial charge on any atom is -0.756 e. The number of carbonyl (C=O) groups is 1. The van der Waals surface area contributed by atoms with Crippen molar-refractivity contribution in [2.75, 3.05) is 40.9 Å². The van der Waals surface area contributed by atoms with E-state index in [1.54, 1.807) is 6.08 Å². The molecule has 0 heterocycles. The molecule has 0 fully saturated rings. The van der Waals surface area contributed by atoms with Crippen LogP contribution in [0.3, 0.4) is 0 Å². The van der Waals surface area contributed by atoms with Crippen LogP contribution in [0.15, 0.2) is 158 Å². The Balaban J connectivity index is 4.20. The van der Waals surface area contributed by atoms with Crippen molar-refractivity contribution in [3.8, 4) is 0 Å². The Morgan fingerprint density at radius 1 is 0.474 bits per heavy atom. The maximum Gasteiger partial charge on any atom is 0.268 e. The number of hydrogen-bond acceptors (Lipinski definition) is 6. The lowest BCUT2D eigenvalue weighted by Crippen LogP contribution is -2.45. The van der Waals surface area contributed by atoms with E-state index in [0.717, 1.165) is 128 Å². The Labute approximate surface area is 467 Å². The molecule has 8 nitrogen and oxygen atoms in total. The second-order valence-electron chi connectivity index (χ2n) is 20.6. The molecule has 0 aromatic carbocycles. The number of nitrogens with zero attached hydrogens (tertiary/aromatic N) is 1. The molecule has 1 amide bonds. The van der Waals surface area contributed by atoms with Gasteiger partial charge < -0.3 is 28.8 Å². The van der Waals surface area contributed by atoms with E-state index in [1.165, 1.54) is 57.8 Å². The third-order valence-corrected chi connectivity index (χ3v) is 13.2. The number of phosphoric ester groups is 1. The van der Waals surface area contributed by atoms with Crippen molar-refractivity contribution in [2.45, 2.75) is 219 Å². The molecule has 0 spiro atoms. The topological polar surface area (TPSA) is 108 Å². The number of unbranched alkanes of at least 4 members (excludes halogenated alkanes) is 15. The van der Waals surface area contributed by atoms with Gasteiger partial charge in [0.1, 0.15) is 13.2 Å². The molecule has 0 bridgehead atoms. The summed E-state index contributed by atoms with van der Waals surface area (Å²) < 4.78 is 23.3. The van der Waals surface area contributed by atoms with E-state index in [9.17, 15) is 19.4 Å². The number of nitrogens with one attached hydrogen (secondary N) is 1. The molecule has 0 saturated heterocycles. The molecule has 0 radical (unpaired) electrons. The van der Waals surface area contributed by atoms with Gasteiger partial charge in [-0.25, -0.2) is 0 Å². The minimum absolute atomic E-state index is 0.0190. The number of phosphoric acid groups is 1. The SMILES string of the molecule is CC/C=C\C/C=C\C/C=C\C/C=C\C/C=C\C/C=C\C/C=C\C/C=C\C/C=C\C/C=C\CCCCCCCCCCC(=O)NC(COP(=O)([O-])OCC[N+](C)(C)C)C(O)/C=C/CC/C=C/CC/C=C/CCCCCCC. The third kappa shape index (κ3) is 57.8. The molecular formula is C67H111N2O6P. The number of aliphatic hydroxyl groups excluding tert-OH is 1. The average Bonchev–Trinajstić information content (AvgIpc) is 3.38. The van der Waals surface area contributed by atoms with Crippen LogP contribution in [0.1, 0.15) is 206 Å². The molecule has 0 aliphatic rings. The van der Waals surface area contributed by atoms with Crippen molar-refractivity contribution in [3.05, 3.63) is 158 Å². The van der Waals surface area contributed by atoms with Gasteiger partial charge in [0.25, 0.3) is 7.82 Å². The Bertz CT molecular complexity index is 1790. The Hall–Kier alpha value is -3.88. The first-order valence-electron chi connectivity index (χ1n) is 29.8. The molecule has 0 aromatic rings. The lowest BCUT2D eigenvalue weighted by atomic mass is 10.1. The number of likely N-dealkylation sites (N-methyl/N-ethyl adjacent to an activating group) is 1. The lowest BCUT2D eigenvalue weighted by molar-refractivity contribution is -0.870. The van der Waals surface area contributed by atoms with Crippen LogP contribution in [0.25, 0.3) is 0 Å². The first-order valence-corrected chi connectivity index (χ1v) is 31.3. The monoisotopic (exact) mass is 1070 g/mol. The van der Waals surface area contributed by atoms with Crippen molar-refractivity contribution < 1.29 is 32.9 Å². The normalized spacial score (nSPS) is 15.0. The van der Waals surface area contributed by atoms with E-state index in [0.29, 0.717) is 17.4 Å². The van der Waals surface area contributed by atoms with Crippen LogP contribution in [0, 0.1) is 0 Å². The fourth-order valence-corrected chi connectivity index (χ4v) is 8.29. The first kappa shape index (κ1) is 72.1. The van der Waals surface area contributed by atoms with Gasteiger partial charge in [0.15, 0.2) is 0 Å². The molecule has 430 valence electrons. The van der Waals surface area contributed by atoms with Gasteiger partial charge in [-0.1, -0.05) is 236 Å². The van der Waals surface area contributed by atoms with E-state index < -0.39 is 26.6 Å². The highest BCUT2D eigenvalue weighted by Crippen LogP contribution is 2.38. The third-order valence-electron chi connectivity index (χ3n) is 12.2. The van der Waals surface area contributed by atoms with E-state index in [1.807, 2.05) is 27.2 Å². The summed E-state index contributed by atoms with van der Waals surface area (Å²) in [6.45, 7) is 4.46. The van der Waals surface area contributed by atoms with Gasteiger partial charge in [0.05, 0.1) is 39.9 Å². The van der Waals surface area contributed by atoms with Gasteiger partial charge in [0.2, 0.25) is 5.91 Å². The summed E-state index contributed by atoms with van der Waals surface area (Å²) in [6, 6.07) is -0.926. The predicted octanol–water partition coefficient (Wildman–Crippen LogP) is 18.0. The van der Waals surface area contributed by atoms with Gasteiger partial charge in [-0.15, -0.1) is 0 Å². The van der Waals surface area contributed by atoms with Crippen molar-refractivity contribution in [2.24, 2.45) is 0 Å². The van der Waals surface area contributed by atoms with Crippen molar-refractivity contribution in [1.29, 1.82) is 0 Å². The molecule has 0 aromatic heterocycles. The smallest absolute Gasteiger partial charge is 0.268 e. The van der Waals surface area contributed by atoms with Crippen LogP contribution in [0.2, 0.25) is 0 Å². The lowest BCUT2D eigenvalue weighted by Gasteiger charge is -2.29. The summed E-state index contributed by atoms with van der Waals surface area (Å²) in [6.07, 6.45) is 87.6. The van der Waals surface area contributed by atoms with Crippen LogP contribution < -0.4 is 10.2 Å². The maximum atomic E-state index is 13.0. The van der Waals surface area contributed by atoms with E-state index in [2.05, 4.69) is 165 Å². The van der Waals surface area contributed by atoms with E-state index >= 15 is 0 Å². The van der Waals surface area contributed by atoms with Crippen LogP contribution in [-0.2, 0) is 18.4 Å². The molecule has 2 N–H and O–H groups in total. The van der Waals surface area contributed by atoms with Crippen molar-refractivity contribution >= 4 is 13.7 Å². The number of amides is 1. The summed E-state index contributed by atoms with van der Waals surface area (Å²) in [4.78, 5) is 25.5. The van der Waals surface area contributed by atoms with E-state index in [4.69, 9.17) is 9.05 Å². The molecule has 3 atom stereocenters. The second kappa shape index (κ2) is 55.9. The number of hydrogen-bond donors (Lipinski definition) is 2.